The predicted molar refractivity (Wildman–Crippen MR) is 75.7 cm³/mol. The Morgan fingerprint density at radius 1 is 0.882 bits per heavy atom. The van der Waals surface area contributed by atoms with Gasteiger partial charge in [0.15, 0.2) is 0 Å². The zero-order chi connectivity index (χ0) is 13.5. The second-order valence-corrected chi connectivity index (χ2v) is 7.62. The molecule has 0 aliphatic heterocycles. The van der Waals surface area contributed by atoms with Gasteiger partial charge in [0, 0.05) is 36.8 Å². The van der Waals surface area contributed by atoms with Gasteiger partial charge in [-0.3, -0.25) is 0 Å². The summed E-state index contributed by atoms with van der Waals surface area (Å²) in [4.78, 5) is 0. The van der Waals surface area contributed by atoms with Gasteiger partial charge in [-0.1, -0.05) is 34.6 Å². The fourth-order valence-corrected chi connectivity index (χ4v) is 1.41. The van der Waals surface area contributed by atoms with Crippen LogP contribution in [0.15, 0.2) is 0 Å². The van der Waals surface area contributed by atoms with Gasteiger partial charge in [-0.25, -0.2) is 0 Å². The van der Waals surface area contributed by atoms with Crippen molar-refractivity contribution in [2.45, 2.75) is 34.6 Å². The standard InChI is InChI=1S/C10H15.C3H9P.CO.Co/c1-6-7(2)9(4)10(5)8(6)3;1-4(2)3;1-2;/h1-5H3;1-3H3;;/q-1;;;/p+1. The summed E-state index contributed by atoms with van der Waals surface area (Å²) in [6, 6.07) is 0. The zero-order valence-electron chi connectivity index (χ0n) is 12.2. The molecule has 0 saturated heterocycles. The third-order valence-corrected chi connectivity index (χ3v) is 2.81. The van der Waals surface area contributed by atoms with Crippen LogP contribution in [0.25, 0.3) is 0 Å². The summed E-state index contributed by atoms with van der Waals surface area (Å²) >= 11 is 0. The average molecular weight is 299 g/mol. The Morgan fingerprint density at radius 3 is 1.12 bits per heavy atom. The Labute approximate surface area is 118 Å². The molecule has 0 unspecified atom stereocenters. The Hall–Kier alpha value is 0.0265. The zero-order valence-corrected chi connectivity index (χ0v) is 14.3. The second-order valence-electron chi connectivity index (χ2n) is 4.62. The fraction of sp³-hybridized carbons (Fsp3) is 0.571. The number of hydrogen-bond acceptors (Lipinski definition) is 0. The number of hydrogen-bond donors (Lipinski definition) is 0. The van der Waals surface area contributed by atoms with Crippen LogP contribution in [0.5, 0.6) is 0 Å². The molecule has 0 spiro atoms. The first-order valence-electron chi connectivity index (χ1n) is 5.45. The summed E-state index contributed by atoms with van der Waals surface area (Å²) in [5.41, 5.74) is 7.34. The van der Waals surface area contributed by atoms with Crippen LogP contribution >= 0.6 is 7.92 Å². The third kappa shape index (κ3) is 7.86. The molecule has 1 radical (unpaired) electrons. The Morgan fingerprint density at radius 2 is 1.06 bits per heavy atom. The molecular formula is C14H25CoOP. The van der Waals surface area contributed by atoms with Gasteiger partial charge in [-0.15, -0.1) is 0 Å². The average Bonchev–Trinajstić information content (AvgIpc) is 2.39. The van der Waals surface area contributed by atoms with Gasteiger partial charge in [-0.05, 0) is 7.92 Å². The van der Waals surface area contributed by atoms with Crippen molar-refractivity contribution in [1.82, 2.24) is 0 Å². The van der Waals surface area contributed by atoms with Crippen molar-refractivity contribution in [3.63, 3.8) is 0 Å². The minimum Gasteiger partial charge on any atom is 0 e. The van der Waals surface area contributed by atoms with E-state index in [1.54, 1.807) is 0 Å². The molecule has 0 bridgehead atoms. The first kappa shape index (κ1) is 22.2. The van der Waals surface area contributed by atoms with Gasteiger partial charge in [0.2, 0.25) is 0 Å². The molecule has 0 aliphatic rings. The van der Waals surface area contributed by atoms with Crippen LogP contribution < -0.4 is 0 Å². The Bertz CT molecular complexity index is 255. The third-order valence-electron chi connectivity index (χ3n) is 2.81. The van der Waals surface area contributed by atoms with Crippen LogP contribution in [-0.4, -0.2) is 20.0 Å². The van der Waals surface area contributed by atoms with Crippen LogP contribution in [0.2, 0.25) is 0 Å². The molecule has 17 heavy (non-hydrogen) atoms. The van der Waals surface area contributed by atoms with Crippen LogP contribution in [0.4, 0.5) is 0 Å². The summed E-state index contributed by atoms with van der Waals surface area (Å²) in [7, 11) is 0.120. The van der Waals surface area contributed by atoms with Gasteiger partial charge in [0.1, 0.15) is 0 Å². The van der Waals surface area contributed by atoms with Crippen molar-refractivity contribution in [3.8, 4) is 0 Å². The summed E-state index contributed by atoms with van der Waals surface area (Å²) in [6.45, 7) is 22.3. The summed E-state index contributed by atoms with van der Waals surface area (Å²) in [6.07, 6.45) is 0. The molecule has 3 heteroatoms. The van der Waals surface area contributed by atoms with Crippen molar-refractivity contribution in [3.05, 3.63) is 34.5 Å². The molecular weight excluding hydrogens is 274 g/mol. The van der Waals surface area contributed by atoms with E-state index >= 15 is 0 Å². The molecule has 1 rings (SSSR count). The Kier molecular flexibility index (Phi) is 14.6. The maximum absolute atomic E-state index is 7.50. The van der Waals surface area contributed by atoms with Crippen LogP contribution in [0, 0.1) is 41.3 Å². The van der Waals surface area contributed by atoms with E-state index in [1.807, 2.05) is 0 Å². The van der Waals surface area contributed by atoms with Crippen molar-refractivity contribution in [2.75, 3.05) is 20.0 Å². The van der Waals surface area contributed by atoms with E-state index in [9.17, 15) is 0 Å². The maximum atomic E-state index is 7.50. The Balaban J connectivity index is -0.000000242. The smallest absolute Gasteiger partial charge is 0 e. The summed E-state index contributed by atoms with van der Waals surface area (Å²) in [5.74, 6) is 0. The first-order valence-corrected chi connectivity index (χ1v) is 8.45. The van der Waals surface area contributed by atoms with Crippen molar-refractivity contribution in [1.29, 1.82) is 0 Å². The molecule has 1 aromatic rings. The van der Waals surface area contributed by atoms with Gasteiger partial charge in [-0.2, -0.15) is 27.8 Å². The molecule has 0 heterocycles. The van der Waals surface area contributed by atoms with Crippen LogP contribution in [-0.2, 0) is 21.4 Å². The molecule has 0 aliphatic carbocycles. The van der Waals surface area contributed by atoms with E-state index in [2.05, 4.69) is 61.3 Å². The minimum absolute atomic E-state index is 0. The first-order chi connectivity index (χ1) is 7.29. The monoisotopic (exact) mass is 299 g/mol. The van der Waals surface area contributed by atoms with Gasteiger partial charge in [0.25, 0.3) is 0 Å². The number of rotatable bonds is 0. The van der Waals surface area contributed by atoms with Gasteiger partial charge < -0.3 is 0 Å². The molecule has 0 N–H and O–H groups in total. The van der Waals surface area contributed by atoms with Gasteiger partial charge in [0.05, 0.1) is 0 Å². The van der Waals surface area contributed by atoms with Crippen molar-refractivity contribution >= 4 is 7.92 Å². The SMILES string of the molecule is C[PH+](C)C.Cc1c(C)c(C)[c-](C)c1C.[C-]#[O+].[Co]. The molecule has 0 atom stereocenters. The van der Waals surface area contributed by atoms with E-state index in [1.165, 1.54) is 27.8 Å². The van der Waals surface area contributed by atoms with Gasteiger partial charge >= 0.3 is 11.3 Å². The minimum atomic E-state index is 0. The van der Waals surface area contributed by atoms with E-state index in [4.69, 9.17) is 4.65 Å². The molecule has 0 aromatic heterocycles. The fourth-order valence-electron chi connectivity index (χ4n) is 1.41. The molecule has 1 aromatic carbocycles. The summed E-state index contributed by atoms with van der Waals surface area (Å²) < 4.78 is 7.50. The van der Waals surface area contributed by atoms with Crippen molar-refractivity contribution in [2.24, 2.45) is 0 Å². The van der Waals surface area contributed by atoms with Crippen LogP contribution in [0.1, 0.15) is 27.8 Å². The molecule has 101 valence electrons. The second kappa shape index (κ2) is 11.1. The molecule has 0 saturated carbocycles. The molecule has 1 nitrogen and oxygen atoms in total. The van der Waals surface area contributed by atoms with E-state index in [0.717, 1.165) is 0 Å². The predicted octanol–water partition coefficient (Wildman–Crippen LogP) is 4.00. The van der Waals surface area contributed by atoms with E-state index in [0.29, 0.717) is 0 Å². The van der Waals surface area contributed by atoms with Crippen molar-refractivity contribution < 1.29 is 21.4 Å². The quantitative estimate of drug-likeness (QED) is 0.392. The normalized spacial score (nSPS) is 8.41. The van der Waals surface area contributed by atoms with Crippen LogP contribution in [0.3, 0.4) is 0 Å². The molecule has 0 fully saturated rings. The maximum Gasteiger partial charge on any atom is 0 e. The largest absolute Gasteiger partial charge is 0 e. The topological polar surface area (TPSA) is 19.9 Å². The summed E-state index contributed by atoms with van der Waals surface area (Å²) in [5, 5.41) is 0. The molecule has 0 amide bonds. The van der Waals surface area contributed by atoms with E-state index in [-0.39, 0.29) is 24.7 Å². The van der Waals surface area contributed by atoms with E-state index < -0.39 is 0 Å².